The van der Waals surface area contributed by atoms with E-state index in [9.17, 15) is 13.2 Å². The van der Waals surface area contributed by atoms with Crippen LogP contribution in [0.2, 0.25) is 0 Å². The van der Waals surface area contributed by atoms with Gasteiger partial charge in [0.15, 0.2) is 9.84 Å². The Morgan fingerprint density at radius 3 is 2.18 bits per heavy atom. The van der Waals surface area contributed by atoms with Crippen LogP contribution in [0.5, 0.6) is 0 Å². The second kappa shape index (κ2) is 5.45. The molecule has 0 aliphatic carbocycles. The molecule has 0 aromatic heterocycles. The average Bonchev–Trinajstić information content (AvgIpc) is 2.28. The van der Waals surface area contributed by atoms with Gasteiger partial charge in [0.1, 0.15) is 5.78 Å². The zero-order chi connectivity index (χ0) is 13.1. The summed E-state index contributed by atoms with van der Waals surface area (Å²) >= 11 is 0. The molecule has 0 saturated heterocycles. The molecule has 0 saturated carbocycles. The van der Waals surface area contributed by atoms with Gasteiger partial charge in [0.25, 0.3) is 0 Å². The zero-order valence-electron chi connectivity index (χ0n) is 10.4. The maximum absolute atomic E-state index is 11.8. The summed E-state index contributed by atoms with van der Waals surface area (Å²) in [5.41, 5.74) is 0.855. The molecular weight excluding hydrogens is 236 g/mol. The molecule has 0 fully saturated rings. The Labute approximate surface area is 103 Å². The van der Waals surface area contributed by atoms with Crippen molar-refractivity contribution in [2.75, 3.05) is 5.75 Å². The summed E-state index contributed by atoms with van der Waals surface area (Å²) in [6.45, 7) is 5.19. The first kappa shape index (κ1) is 13.9. The summed E-state index contributed by atoms with van der Waals surface area (Å²) < 4.78 is 23.6. The molecule has 0 amide bonds. The number of benzene rings is 1. The molecular formula is C13H18O3S. The van der Waals surface area contributed by atoms with Gasteiger partial charge in [0.2, 0.25) is 0 Å². The van der Waals surface area contributed by atoms with Crippen molar-refractivity contribution in [1.82, 2.24) is 0 Å². The molecule has 1 aromatic rings. The Kier molecular flexibility index (Phi) is 4.46. The summed E-state index contributed by atoms with van der Waals surface area (Å²) in [5.74, 6) is 0.0568. The van der Waals surface area contributed by atoms with E-state index in [0.29, 0.717) is 11.3 Å². The smallest absolute Gasteiger partial charge is 0.178 e. The van der Waals surface area contributed by atoms with Crippen LogP contribution in [0.15, 0.2) is 29.2 Å². The number of ketones is 1. The molecule has 0 spiro atoms. The van der Waals surface area contributed by atoms with Crippen molar-refractivity contribution in [2.24, 2.45) is 0 Å². The van der Waals surface area contributed by atoms with Crippen LogP contribution in [0.3, 0.4) is 0 Å². The van der Waals surface area contributed by atoms with Gasteiger partial charge in [-0.3, -0.25) is 4.79 Å². The maximum atomic E-state index is 11.8. The number of carbonyl (C=O) groups excluding carboxylic acids is 1. The van der Waals surface area contributed by atoms with E-state index in [1.165, 1.54) is 6.92 Å². The summed E-state index contributed by atoms with van der Waals surface area (Å²) in [4.78, 5) is 11.5. The monoisotopic (exact) mass is 254 g/mol. The molecule has 94 valence electrons. The van der Waals surface area contributed by atoms with Gasteiger partial charge < -0.3 is 0 Å². The third-order valence-corrected chi connectivity index (χ3v) is 4.76. The van der Waals surface area contributed by atoms with E-state index in [4.69, 9.17) is 0 Å². The second-order valence-electron chi connectivity index (χ2n) is 4.22. The van der Waals surface area contributed by atoms with E-state index in [-0.39, 0.29) is 17.5 Å². The van der Waals surface area contributed by atoms with Crippen molar-refractivity contribution >= 4 is 15.6 Å². The quantitative estimate of drug-likeness (QED) is 0.811. The summed E-state index contributed by atoms with van der Waals surface area (Å²) in [5, 5.41) is 0. The van der Waals surface area contributed by atoms with Crippen LogP contribution in [0, 0.1) is 0 Å². The highest BCUT2D eigenvalue weighted by Gasteiger charge is 2.15. The van der Waals surface area contributed by atoms with E-state index in [1.807, 2.05) is 13.8 Å². The lowest BCUT2D eigenvalue weighted by molar-refractivity contribution is -0.118. The molecule has 0 aliphatic heterocycles. The number of carbonyl (C=O) groups is 1. The Bertz CT molecular complexity index is 486. The number of sulfone groups is 1. The van der Waals surface area contributed by atoms with Crippen LogP contribution in [0.4, 0.5) is 0 Å². The standard InChI is InChI=1S/C13H18O3S/c1-4-9-17(15,16)13-7-5-12(6-8-13)10(2)11(3)14/h5-8,10H,4,9H2,1-3H3. The largest absolute Gasteiger partial charge is 0.299 e. The first-order chi connectivity index (χ1) is 7.88. The Balaban J connectivity index is 3.00. The van der Waals surface area contributed by atoms with Crippen LogP contribution < -0.4 is 0 Å². The minimum absolute atomic E-state index is 0.0779. The van der Waals surface area contributed by atoms with Gasteiger partial charge in [-0.15, -0.1) is 0 Å². The lowest BCUT2D eigenvalue weighted by Crippen LogP contribution is -2.07. The average molecular weight is 254 g/mol. The van der Waals surface area contributed by atoms with Gasteiger partial charge in [0, 0.05) is 5.92 Å². The molecule has 0 N–H and O–H groups in total. The first-order valence-electron chi connectivity index (χ1n) is 5.71. The van der Waals surface area contributed by atoms with Gasteiger partial charge in [-0.1, -0.05) is 26.0 Å². The van der Waals surface area contributed by atoms with Gasteiger partial charge >= 0.3 is 0 Å². The number of Topliss-reactive ketones (excluding diaryl/α,β-unsaturated/α-hetero) is 1. The van der Waals surface area contributed by atoms with Gasteiger partial charge in [0.05, 0.1) is 10.6 Å². The minimum Gasteiger partial charge on any atom is -0.299 e. The highest BCUT2D eigenvalue weighted by Crippen LogP contribution is 2.19. The summed E-state index contributed by atoms with van der Waals surface area (Å²) in [6, 6.07) is 6.60. The summed E-state index contributed by atoms with van der Waals surface area (Å²) in [7, 11) is -3.16. The number of hydrogen-bond acceptors (Lipinski definition) is 3. The number of rotatable bonds is 5. The van der Waals surface area contributed by atoms with Crippen molar-refractivity contribution in [2.45, 2.75) is 38.0 Å². The fourth-order valence-electron chi connectivity index (χ4n) is 1.59. The lowest BCUT2D eigenvalue weighted by Gasteiger charge is -2.09. The molecule has 0 radical (unpaired) electrons. The molecule has 1 atom stereocenters. The van der Waals surface area contributed by atoms with Crippen molar-refractivity contribution in [1.29, 1.82) is 0 Å². The van der Waals surface area contributed by atoms with E-state index < -0.39 is 9.84 Å². The lowest BCUT2D eigenvalue weighted by atomic mass is 9.98. The molecule has 4 heteroatoms. The second-order valence-corrected chi connectivity index (χ2v) is 6.33. The van der Waals surface area contributed by atoms with E-state index >= 15 is 0 Å². The summed E-state index contributed by atoms with van der Waals surface area (Å²) in [6.07, 6.45) is 0.605. The van der Waals surface area contributed by atoms with Crippen molar-refractivity contribution in [3.05, 3.63) is 29.8 Å². The van der Waals surface area contributed by atoms with E-state index in [0.717, 1.165) is 5.56 Å². The normalized spacial score (nSPS) is 13.4. The Morgan fingerprint density at radius 1 is 1.24 bits per heavy atom. The molecule has 1 unspecified atom stereocenters. The van der Waals surface area contributed by atoms with Crippen LogP contribution in [-0.4, -0.2) is 20.0 Å². The van der Waals surface area contributed by atoms with Gasteiger partial charge in [-0.25, -0.2) is 8.42 Å². The Morgan fingerprint density at radius 2 is 1.76 bits per heavy atom. The van der Waals surface area contributed by atoms with Crippen LogP contribution in [0.25, 0.3) is 0 Å². The predicted molar refractivity (Wildman–Crippen MR) is 67.9 cm³/mol. The third-order valence-electron chi connectivity index (χ3n) is 2.82. The minimum atomic E-state index is -3.16. The van der Waals surface area contributed by atoms with Crippen molar-refractivity contribution < 1.29 is 13.2 Å². The molecule has 1 rings (SSSR count). The predicted octanol–water partition coefficient (Wildman–Crippen LogP) is 2.56. The fraction of sp³-hybridized carbons (Fsp3) is 0.462. The number of hydrogen-bond donors (Lipinski definition) is 0. The maximum Gasteiger partial charge on any atom is 0.178 e. The molecule has 1 aromatic carbocycles. The van der Waals surface area contributed by atoms with Crippen LogP contribution in [0.1, 0.15) is 38.7 Å². The topological polar surface area (TPSA) is 51.2 Å². The molecule has 0 aliphatic rings. The highest BCUT2D eigenvalue weighted by atomic mass is 32.2. The first-order valence-corrected chi connectivity index (χ1v) is 7.37. The Hall–Kier alpha value is -1.16. The highest BCUT2D eigenvalue weighted by molar-refractivity contribution is 7.91. The van der Waals surface area contributed by atoms with Crippen molar-refractivity contribution in [3.63, 3.8) is 0 Å². The van der Waals surface area contributed by atoms with Gasteiger partial charge in [-0.05, 0) is 31.0 Å². The molecule has 17 heavy (non-hydrogen) atoms. The molecule has 3 nitrogen and oxygen atoms in total. The van der Waals surface area contributed by atoms with Crippen LogP contribution >= 0.6 is 0 Å². The fourth-order valence-corrected chi connectivity index (χ4v) is 2.91. The van der Waals surface area contributed by atoms with E-state index in [1.54, 1.807) is 24.3 Å². The van der Waals surface area contributed by atoms with Crippen LogP contribution in [-0.2, 0) is 14.6 Å². The zero-order valence-corrected chi connectivity index (χ0v) is 11.3. The van der Waals surface area contributed by atoms with Gasteiger partial charge in [-0.2, -0.15) is 0 Å². The van der Waals surface area contributed by atoms with E-state index in [2.05, 4.69) is 0 Å². The SMILES string of the molecule is CCCS(=O)(=O)c1ccc(C(C)C(C)=O)cc1. The molecule has 0 heterocycles. The third kappa shape index (κ3) is 3.40. The van der Waals surface area contributed by atoms with Crippen molar-refractivity contribution in [3.8, 4) is 0 Å². The molecule has 0 bridgehead atoms.